The lowest BCUT2D eigenvalue weighted by Crippen LogP contribution is -2.49. The molecule has 2 aliphatic rings. The topological polar surface area (TPSA) is 97.4 Å². The summed E-state index contributed by atoms with van der Waals surface area (Å²) in [6.07, 6.45) is 0.667. The molecule has 8 nitrogen and oxygen atoms in total. The first-order valence-corrected chi connectivity index (χ1v) is 14.7. The zero-order valence-electron chi connectivity index (χ0n) is 21.8. The third kappa shape index (κ3) is 6.79. The molecule has 9 heteroatoms. The second-order valence-corrected chi connectivity index (χ2v) is 12.2. The molecular formula is C30H32O8S. The second kappa shape index (κ2) is 11.8. The van der Waals surface area contributed by atoms with Gasteiger partial charge in [-0.05, 0) is 59.0 Å². The molecule has 39 heavy (non-hydrogen) atoms. The van der Waals surface area contributed by atoms with Crippen molar-refractivity contribution in [2.45, 2.75) is 18.6 Å². The molecule has 0 saturated carbocycles. The van der Waals surface area contributed by atoms with Gasteiger partial charge in [0.2, 0.25) is 0 Å². The Morgan fingerprint density at radius 2 is 1.67 bits per heavy atom. The molecule has 2 fully saturated rings. The van der Waals surface area contributed by atoms with E-state index in [1.807, 2.05) is 66.7 Å². The number of rotatable bonds is 11. The van der Waals surface area contributed by atoms with Crippen LogP contribution in [0.2, 0.25) is 0 Å². The molecular weight excluding hydrogens is 520 g/mol. The van der Waals surface area contributed by atoms with Crippen LogP contribution in [0.3, 0.4) is 0 Å². The van der Waals surface area contributed by atoms with Crippen molar-refractivity contribution in [3.05, 3.63) is 83.9 Å². The van der Waals surface area contributed by atoms with Crippen LogP contribution in [0.4, 0.5) is 0 Å². The maximum absolute atomic E-state index is 11.6. The summed E-state index contributed by atoms with van der Waals surface area (Å²) in [5.41, 5.74) is 3.43. The Labute approximate surface area is 228 Å². The third-order valence-electron chi connectivity index (χ3n) is 7.08. The van der Waals surface area contributed by atoms with Gasteiger partial charge in [-0.15, -0.1) is 0 Å². The summed E-state index contributed by atoms with van der Waals surface area (Å²) in [6, 6.07) is 23.6. The van der Waals surface area contributed by atoms with Crippen molar-refractivity contribution in [3.8, 4) is 22.6 Å². The average molecular weight is 553 g/mol. The van der Waals surface area contributed by atoms with Crippen molar-refractivity contribution in [3.63, 3.8) is 0 Å². The molecule has 0 aromatic heterocycles. The first-order chi connectivity index (χ1) is 18.8. The number of benzene rings is 3. The Morgan fingerprint density at radius 3 is 2.31 bits per heavy atom. The summed E-state index contributed by atoms with van der Waals surface area (Å²) < 4.78 is 51.0. The Hall–Kier alpha value is -3.40. The zero-order valence-corrected chi connectivity index (χ0v) is 22.7. The maximum atomic E-state index is 11.6. The molecule has 1 atom stereocenters. The fourth-order valence-electron chi connectivity index (χ4n) is 4.70. The normalized spacial score (nSPS) is 19.2. The minimum atomic E-state index is -2.90. The molecule has 2 heterocycles. The van der Waals surface area contributed by atoms with Crippen LogP contribution in [0.25, 0.3) is 11.1 Å². The molecule has 5 rings (SSSR count). The van der Waals surface area contributed by atoms with E-state index in [2.05, 4.69) is 10.8 Å². The van der Waals surface area contributed by atoms with Crippen LogP contribution in [0.1, 0.15) is 17.5 Å². The van der Waals surface area contributed by atoms with E-state index < -0.39 is 21.4 Å². The van der Waals surface area contributed by atoms with E-state index in [-0.39, 0.29) is 24.0 Å². The highest BCUT2D eigenvalue weighted by Crippen LogP contribution is 2.35. The van der Waals surface area contributed by atoms with Crippen molar-refractivity contribution in [1.82, 2.24) is 0 Å². The Morgan fingerprint density at radius 1 is 0.949 bits per heavy atom. The highest BCUT2D eigenvalue weighted by atomic mass is 32.2. The number of ether oxygens (including phenoxy) is 5. The van der Waals surface area contributed by atoms with Gasteiger partial charge in [0.05, 0.1) is 38.4 Å². The summed E-state index contributed by atoms with van der Waals surface area (Å²) >= 11 is 0. The number of hydrogen-bond donors (Lipinski definition) is 0. The van der Waals surface area contributed by atoms with E-state index in [1.165, 1.54) is 7.11 Å². The number of esters is 1. The monoisotopic (exact) mass is 552 g/mol. The minimum Gasteiger partial charge on any atom is -0.493 e. The van der Waals surface area contributed by atoms with Gasteiger partial charge in [-0.2, -0.15) is 0 Å². The van der Waals surface area contributed by atoms with Gasteiger partial charge >= 0.3 is 5.97 Å². The summed E-state index contributed by atoms with van der Waals surface area (Å²) in [4.78, 5) is 11.5. The fourth-order valence-corrected chi connectivity index (χ4v) is 6.54. The molecule has 206 valence electrons. The lowest BCUT2D eigenvalue weighted by atomic mass is 9.91. The van der Waals surface area contributed by atoms with E-state index in [1.54, 1.807) is 0 Å². The summed E-state index contributed by atoms with van der Waals surface area (Å²) in [5.74, 6) is 1.57. The molecule has 0 N–H and O–H groups in total. The van der Waals surface area contributed by atoms with E-state index in [0.717, 1.165) is 33.8 Å². The van der Waals surface area contributed by atoms with Crippen molar-refractivity contribution in [1.29, 1.82) is 0 Å². The molecule has 3 aromatic carbocycles. The maximum Gasteiger partial charge on any atom is 0.331 e. The van der Waals surface area contributed by atoms with Crippen molar-refractivity contribution in [2.24, 2.45) is 5.92 Å². The van der Waals surface area contributed by atoms with Crippen LogP contribution < -0.4 is 9.47 Å². The highest BCUT2D eigenvalue weighted by Gasteiger charge is 2.42. The van der Waals surface area contributed by atoms with Crippen LogP contribution in [0.15, 0.2) is 72.8 Å². The first-order valence-electron chi connectivity index (χ1n) is 12.9. The fraction of sp³-hybridized carbons (Fsp3) is 0.367. The van der Waals surface area contributed by atoms with Crippen molar-refractivity contribution >= 4 is 15.8 Å². The van der Waals surface area contributed by atoms with E-state index >= 15 is 0 Å². The van der Waals surface area contributed by atoms with Gasteiger partial charge < -0.3 is 23.7 Å². The standard InChI is InChI=1S/C30H32O8S/c1-34-29(31)18-38-30(20-35-21-30)26-7-11-28(12-8-26)36-16-22-3-2-4-25(15-22)24-5-9-27(10-6-24)37-17-23-13-14-39(32,33)19-23/h2-12,15,23H,13-14,16-21H2,1H3. The van der Waals surface area contributed by atoms with E-state index in [9.17, 15) is 13.2 Å². The van der Waals surface area contributed by atoms with Crippen LogP contribution >= 0.6 is 0 Å². The Kier molecular flexibility index (Phi) is 8.20. The van der Waals surface area contributed by atoms with Gasteiger partial charge in [-0.1, -0.05) is 42.5 Å². The largest absolute Gasteiger partial charge is 0.493 e. The molecule has 0 bridgehead atoms. The van der Waals surface area contributed by atoms with Crippen LogP contribution in [-0.4, -0.2) is 59.4 Å². The van der Waals surface area contributed by atoms with Gasteiger partial charge in [0.25, 0.3) is 0 Å². The molecule has 0 amide bonds. The number of methoxy groups -OCH3 is 1. The third-order valence-corrected chi connectivity index (χ3v) is 8.91. The predicted molar refractivity (Wildman–Crippen MR) is 145 cm³/mol. The van der Waals surface area contributed by atoms with Gasteiger partial charge in [0.15, 0.2) is 9.84 Å². The molecule has 0 radical (unpaired) electrons. The molecule has 2 saturated heterocycles. The SMILES string of the molecule is COC(=O)COC1(c2ccc(OCc3cccc(-c4ccc(OCC5CCS(=O)(=O)C5)cc4)c3)cc2)COC1. The predicted octanol–water partition coefficient (Wildman–Crippen LogP) is 4.16. The van der Waals surface area contributed by atoms with Gasteiger partial charge in [-0.25, -0.2) is 13.2 Å². The summed E-state index contributed by atoms with van der Waals surface area (Å²) in [6.45, 7) is 1.47. The number of carbonyl (C=O) groups is 1. The van der Waals surface area contributed by atoms with E-state index in [0.29, 0.717) is 32.8 Å². The van der Waals surface area contributed by atoms with Crippen LogP contribution in [0, 0.1) is 5.92 Å². The van der Waals surface area contributed by atoms with Gasteiger partial charge in [0, 0.05) is 5.92 Å². The lowest BCUT2D eigenvalue weighted by Gasteiger charge is -2.41. The lowest BCUT2D eigenvalue weighted by molar-refractivity contribution is -0.220. The minimum absolute atomic E-state index is 0.0656. The Balaban J connectivity index is 1.15. The van der Waals surface area contributed by atoms with Gasteiger partial charge in [-0.3, -0.25) is 0 Å². The number of sulfone groups is 1. The number of carbonyl (C=O) groups excluding carboxylic acids is 1. The molecule has 1 unspecified atom stereocenters. The highest BCUT2D eigenvalue weighted by molar-refractivity contribution is 7.91. The van der Waals surface area contributed by atoms with Crippen LogP contribution in [0.5, 0.6) is 11.5 Å². The quantitative estimate of drug-likeness (QED) is 0.327. The Bertz CT molecular complexity index is 1380. The van der Waals surface area contributed by atoms with E-state index in [4.69, 9.17) is 18.9 Å². The van der Waals surface area contributed by atoms with Crippen LogP contribution in [-0.2, 0) is 41.1 Å². The van der Waals surface area contributed by atoms with Crippen molar-refractivity contribution in [2.75, 3.05) is 45.0 Å². The van der Waals surface area contributed by atoms with Crippen molar-refractivity contribution < 1.29 is 36.9 Å². The first kappa shape index (κ1) is 27.2. The molecule has 2 aliphatic heterocycles. The average Bonchev–Trinajstić information content (AvgIpc) is 3.29. The van der Waals surface area contributed by atoms with Gasteiger partial charge in [0.1, 0.15) is 30.3 Å². The smallest absolute Gasteiger partial charge is 0.331 e. The molecule has 3 aromatic rings. The zero-order chi connectivity index (χ0) is 27.3. The summed E-state index contributed by atoms with van der Waals surface area (Å²) in [7, 11) is -1.56. The molecule has 0 aliphatic carbocycles. The second-order valence-electron chi connectivity index (χ2n) is 9.97. The number of hydrogen-bond acceptors (Lipinski definition) is 8. The summed E-state index contributed by atoms with van der Waals surface area (Å²) in [5, 5.41) is 0. The molecule has 0 spiro atoms.